The van der Waals surface area contributed by atoms with Crippen LogP contribution in [-0.2, 0) is 10.2 Å². The normalized spacial score (nSPS) is 24.8. The highest BCUT2D eigenvalue weighted by atomic mass is 35.5. The fourth-order valence-corrected chi connectivity index (χ4v) is 2.99. The van der Waals surface area contributed by atoms with Crippen molar-refractivity contribution in [3.05, 3.63) is 34.9 Å². The average molecular weight is 282 g/mol. The summed E-state index contributed by atoms with van der Waals surface area (Å²) in [5, 5.41) is 11.7. The van der Waals surface area contributed by atoms with Gasteiger partial charge < -0.3 is 15.2 Å². The molecule has 0 bridgehead atoms. The predicted octanol–water partition coefficient (Wildman–Crippen LogP) is 2.84. The number of rotatable bonds is 6. The molecule has 102 valence electrons. The minimum Gasteiger partial charge on any atom is -0.465 e. The van der Waals surface area contributed by atoms with Crippen molar-refractivity contribution in [2.45, 2.75) is 24.7 Å². The lowest BCUT2D eigenvalue weighted by Crippen LogP contribution is -2.26. The second kappa shape index (κ2) is 5.61. The first-order valence-corrected chi connectivity index (χ1v) is 6.63. The van der Waals surface area contributed by atoms with Gasteiger partial charge in [-0.3, -0.25) is 0 Å². The Kier molecular flexibility index (Phi) is 4.10. The molecule has 0 unspecified atom stereocenters. The zero-order valence-electron chi connectivity index (χ0n) is 10.4. The Morgan fingerprint density at radius 1 is 1.58 bits per heavy atom. The van der Waals surface area contributed by atoms with Gasteiger partial charge in [-0.1, -0.05) is 23.7 Å². The summed E-state index contributed by atoms with van der Waals surface area (Å²) in [6, 6.07) is 7.61. The topological polar surface area (TPSA) is 66.4 Å². The number of carbonyl (C=O) groups excluding carboxylic acids is 1. The molecule has 0 aliphatic heterocycles. The van der Waals surface area contributed by atoms with Crippen molar-refractivity contribution in [3.8, 4) is 0 Å². The Labute approximate surface area is 116 Å². The number of carboxylic acid groups (broad SMARTS) is 1. The molecular formula is C14H16ClNO3. The first kappa shape index (κ1) is 13.9. The zero-order chi connectivity index (χ0) is 13.9. The van der Waals surface area contributed by atoms with E-state index in [4.69, 9.17) is 16.7 Å². The van der Waals surface area contributed by atoms with Gasteiger partial charge in [-0.25, -0.2) is 4.79 Å². The standard InChI is InChI=1S/C14H16ClNO3/c15-12-3-1-2-10(8-12)14(5-6-16-13(18)19)9-11(14)4-7-17/h1-3,7-8,11,16H,4-6,9H2,(H,18,19)/t11-,14-/m1/s1. The van der Waals surface area contributed by atoms with Gasteiger partial charge in [-0.15, -0.1) is 0 Å². The molecule has 5 heteroatoms. The maximum absolute atomic E-state index is 10.7. The van der Waals surface area contributed by atoms with Crippen molar-refractivity contribution in [3.63, 3.8) is 0 Å². The van der Waals surface area contributed by atoms with E-state index in [1.54, 1.807) is 0 Å². The van der Waals surface area contributed by atoms with Crippen LogP contribution < -0.4 is 5.32 Å². The molecule has 0 heterocycles. The predicted molar refractivity (Wildman–Crippen MR) is 72.6 cm³/mol. The van der Waals surface area contributed by atoms with Crippen molar-refractivity contribution in [1.82, 2.24) is 5.32 Å². The number of hydrogen-bond donors (Lipinski definition) is 2. The first-order chi connectivity index (χ1) is 9.08. The number of aldehydes is 1. The van der Waals surface area contributed by atoms with E-state index in [0.717, 1.165) is 18.3 Å². The van der Waals surface area contributed by atoms with E-state index in [1.165, 1.54) is 0 Å². The number of halogens is 1. The number of carbonyl (C=O) groups is 2. The summed E-state index contributed by atoms with van der Waals surface area (Å²) in [5.74, 6) is 0.291. The second-order valence-corrected chi connectivity index (χ2v) is 5.39. The third-order valence-electron chi connectivity index (χ3n) is 3.86. The lowest BCUT2D eigenvalue weighted by atomic mass is 9.89. The van der Waals surface area contributed by atoms with Crippen LogP contribution in [0.5, 0.6) is 0 Å². The summed E-state index contributed by atoms with van der Waals surface area (Å²) in [7, 11) is 0. The van der Waals surface area contributed by atoms with E-state index >= 15 is 0 Å². The number of hydrogen-bond acceptors (Lipinski definition) is 2. The molecule has 1 amide bonds. The molecule has 1 fully saturated rings. The fraction of sp³-hybridized carbons (Fsp3) is 0.429. The Morgan fingerprint density at radius 3 is 3.00 bits per heavy atom. The van der Waals surface area contributed by atoms with E-state index in [1.807, 2.05) is 24.3 Å². The summed E-state index contributed by atoms with van der Waals surface area (Å²) in [5.41, 5.74) is 0.993. The summed E-state index contributed by atoms with van der Waals surface area (Å²) in [4.78, 5) is 21.2. The summed E-state index contributed by atoms with van der Waals surface area (Å²) in [6.07, 6.45) is 2.03. The van der Waals surface area contributed by atoms with Crippen LogP contribution >= 0.6 is 11.6 Å². The monoisotopic (exact) mass is 281 g/mol. The zero-order valence-corrected chi connectivity index (χ0v) is 11.2. The number of amides is 1. The molecular weight excluding hydrogens is 266 g/mol. The van der Waals surface area contributed by atoms with E-state index in [-0.39, 0.29) is 5.41 Å². The van der Waals surface area contributed by atoms with Gasteiger partial charge in [-0.2, -0.15) is 0 Å². The fourth-order valence-electron chi connectivity index (χ4n) is 2.80. The van der Waals surface area contributed by atoms with Crippen LogP contribution in [0.2, 0.25) is 5.02 Å². The van der Waals surface area contributed by atoms with Gasteiger partial charge in [0.2, 0.25) is 0 Å². The molecule has 1 aliphatic rings. The average Bonchev–Trinajstić information content (AvgIpc) is 3.04. The largest absolute Gasteiger partial charge is 0.465 e. The second-order valence-electron chi connectivity index (χ2n) is 4.95. The highest BCUT2D eigenvalue weighted by molar-refractivity contribution is 6.30. The van der Waals surface area contributed by atoms with E-state index in [0.29, 0.717) is 30.3 Å². The lowest BCUT2D eigenvalue weighted by Gasteiger charge is -2.18. The lowest BCUT2D eigenvalue weighted by molar-refractivity contribution is -0.108. The third-order valence-corrected chi connectivity index (χ3v) is 4.09. The number of nitrogens with one attached hydrogen (secondary N) is 1. The third kappa shape index (κ3) is 3.07. The summed E-state index contributed by atoms with van der Waals surface area (Å²) >= 11 is 6.01. The highest BCUT2D eigenvalue weighted by Gasteiger charge is 2.53. The van der Waals surface area contributed by atoms with Crippen LogP contribution in [0.3, 0.4) is 0 Å². The Hall–Kier alpha value is -1.55. The molecule has 1 aliphatic carbocycles. The molecule has 0 saturated heterocycles. The Bertz CT molecular complexity index is 491. The van der Waals surface area contributed by atoms with Crippen LogP contribution in [0.1, 0.15) is 24.8 Å². The first-order valence-electron chi connectivity index (χ1n) is 6.25. The van der Waals surface area contributed by atoms with Crippen molar-refractivity contribution in [2.75, 3.05) is 6.54 Å². The Balaban J connectivity index is 2.12. The summed E-state index contributed by atoms with van der Waals surface area (Å²) < 4.78 is 0. The molecule has 1 aromatic rings. The van der Waals surface area contributed by atoms with Crippen LogP contribution in [0.4, 0.5) is 4.79 Å². The van der Waals surface area contributed by atoms with Crippen LogP contribution in [0.15, 0.2) is 24.3 Å². The van der Waals surface area contributed by atoms with Crippen LogP contribution in [0.25, 0.3) is 0 Å². The SMILES string of the molecule is O=CC[C@@H]1C[C@]1(CCNC(=O)O)c1cccc(Cl)c1. The molecule has 4 nitrogen and oxygen atoms in total. The molecule has 19 heavy (non-hydrogen) atoms. The molecule has 1 aromatic carbocycles. The molecule has 2 N–H and O–H groups in total. The summed E-state index contributed by atoms with van der Waals surface area (Å²) in [6.45, 7) is 0.386. The van der Waals surface area contributed by atoms with Gasteiger partial charge in [0.25, 0.3) is 0 Å². The van der Waals surface area contributed by atoms with Crippen molar-refractivity contribution in [1.29, 1.82) is 0 Å². The smallest absolute Gasteiger partial charge is 0.404 e. The molecule has 2 rings (SSSR count). The Morgan fingerprint density at radius 2 is 2.37 bits per heavy atom. The molecule has 2 atom stereocenters. The van der Waals surface area contributed by atoms with Gasteiger partial charge in [0.05, 0.1) is 0 Å². The number of benzene rings is 1. The van der Waals surface area contributed by atoms with Crippen molar-refractivity contribution < 1.29 is 14.7 Å². The minimum absolute atomic E-state index is 0.103. The molecule has 0 radical (unpaired) electrons. The highest BCUT2D eigenvalue weighted by Crippen LogP contribution is 2.58. The van der Waals surface area contributed by atoms with Gasteiger partial charge in [0, 0.05) is 23.4 Å². The van der Waals surface area contributed by atoms with Crippen molar-refractivity contribution >= 4 is 24.0 Å². The van der Waals surface area contributed by atoms with Gasteiger partial charge >= 0.3 is 6.09 Å². The van der Waals surface area contributed by atoms with Crippen LogP contribution in [0, 0.1) is 5.92 Å². The van der Waals surface area contributed by atoms with E-state index in [2.05, 4.69) is 5.32 Å². The quantitative estimate of drug-likeness (QED) is 0.788. The molecule has 1 saturated carbocycles. The van der Waals surface area contributed by atoms with E-state index in [9.17, 15) is 9.59 Å². The maximum atomic E-state index is 10.7. The maximum Gasteiger partial charge on any atom is 0.404 e. The van der Waals surface area contributed by atoms with Crippen molar-refractivity contribution in [2.24, 2.45) is 5.92 Å². The molecule has 0 aromatic heterocycles. The van der Waals surface area contributed by atoms with E-state index < -0.39 is 6.09 Å². The molecule has 0 spiro atoms. The van der Waals surface area contributed by atoms with Gasteiger partial charge in [0.15, 0.2) is 0 Å². The minimum atomic E-state index is -1.02. The van der Waals surface area contributed by atoms with Crippen LogP contribution in [-0.4, -0.2) is 24.0 Å². The van der Waals surface area contributed by atoms with Gasteiger partial charge in [0.1, 0.15) is 6.29 Å². The van der Waals surface area contributed by atoms with Gasteiger partial charge in [-0.05, 0) is 36.5 Å².